The van der Waals surface area contributed by atoms with Crippen LogP contribution in [0.2, 0.25) is 0 Å². The number of benzene rings is 1. The van der Waals surface area contributed by atoms with Gasteiger partial charge in [-0.1, -0.05) is 49.5 Å². The molecular formula is C13H19N3OS. The van der Waals surface area contributed by atoms with Gasteiger partial charge in [0.25, 0.3) is 0 Å². The Morgan fingerprint density at radius 3 is 2.61 bits per heavy atom. The largest absolute Gasteiger partial charge is 0.393 e. The van der Waals surface area contributed by atoms with E-state index in [4.69, 9.17) is 18.0 Å². The molecule has 1 atom stereocenters. The predicted molar refractivity (Wildman–Crippen MR) is 77.3 cm³/mol. The molecular weight excluding hydrogens is 246 g/mol. The van der Waals surface area contributed by atoms with E-state index in [-0.39, 0.29) is 12.1 Å². The second kappa shape index (κ2) is 7.66. The maximum atomic E-state index is 11.7. The fraction of sp³-hybridized carbons (Fsp3) is 0.385. The minimum Gasteiger partial charge on any atom is -0.393 e. The van der Waals surface area contributed by atoms with E-state index in [1.807, 2.05) is 37.3 Å². The van der Waals surface area contributed by atoms with Crippen molar-refractivity contribution in [2.75, 3.05) is 0 Å². The maximum absolute atomic E-state index is 11.7. The Kier molecular flexibility index (Phi) is 6.14. The number of thiocarbonyl (C=S) groups is 1. The molecule has 0 radical (unpaired) electrons. The Hall–Kier alpha value is -1.62. The standard InChI is InChI=1S/C13H19N3OS/c1-2-11(8-12(14)18)16-13(17)15-9-10-6-4-3-5-7-10/h3-7,11H,2,8-9H2,1H3,(H2,14,18)(H2,15,16,17). The Balaban J connectivity index is 2.34. The summed E-state index contributed by atoms with van der Waals surface area (Å²) in [6.45, 7) is 2.50. The fourth-order valence-electron chi connectivity index (χ4n) is 1.55. The first-order valence-electron chi connectivity index (χ1n) is 5.98. The lowest BCUT2D eigenvalue weighted by molar-refractivity contribution is 0.236. The Bertz CT molecular complexity index is 394. The number of hydrogen-bond acceptors (Lipinski definition) is 2. The van der Waals surface area contributed by atoms with Crippen LogP contribution < -0.4 is 16.4 Å². The molecule has 0 aliphatic heterocycles. The summed E-state index contributed by atoms with van der Waals surface area (Å²) in [7, 11) is 0. The first-order valence-corrected chi connectivity index (χ1v) is 6.39. The molecule has 2 amide bonds. The van der Waals surface area contributed by atoms with Crippen LogP contribution in [0, 0.1) is 0 Å². The van der Waals surface area contributed by atoms with E-state index in [0.717, 1.165) is 12.0 Å². The summed E-state index contributed by atoms with van der Waals surface area (Å²) in [5.74, 6) is 0. The summed E-state index contributed by atoms with van der Waals surface area (Å²) >= 11 is 4.84. The summed E-state index contributed by atoms with van der Waals surface area (Å²) in [5, 5.41) is 5.65. The molecule has 0 bridgehead atoms. The number of nitrogens with one attached hydrogen (secondary N) is 2. The van der Waals surface area contributed by atoms with Gasteiger partial charge in [-0.2, -0.15) is 0 Å². The molecule has 0 aromatic heterocycles. The molecule has 0 fully saturated rings. The minimum atomic E-state index is -0.193. The van der Waals surface area contributed by atoms with Gasteiger partial charge in [0.05, 0.1) is 4.99 Å². The van der Waals surface area contributed by atoms with Crippen LogP contribution in [0.3, 0.4) is 0 Å². The minimum absolute atomic E-state index is 0.00160. The van der Waals surface area contributed by atoms with Crippen molar-refractivity contribution in [2.24, 2.45) is 5.73 Å². The first-order chi connectivity index (χ1) is 8.61. The molecule has 4 N–H and O–H groups in total. The molecule has 0 saturated heterocycles. The summed E-state index contributed by atoms with van der Waals surface area (Å²) < 4.78 is 0. The van der Waals surface area contributed by atoms with Crippen molar-refractivity contribution in [1.29, 1.82) is 0 Å². The molecule has 1 aromatic rings. The van der Waals surface area contributed by atoms with Gasteiger partial charge < -0.3 is 16.4 Å². The molecule has 1 unspecified atom stereocenters. The van der Waals surface area contributed by atoms with E-state index in [0.29, 0.717) is 18.0 Å². The average Bonchev–Trinajstić information content (AvgIpc) is 2.36. The third-order valence-electron chi connectivity index (χ3n) is 2.57. The molecule has 0 heterocycles. The van der Waals surface area contributed by atoms with E-state index < -0.39 is 0 Å². The number of carbonyl (C=O) groups excluding carboxylic acids is 1. The van der Waals surface area contributed by atoms with Crippen molar-refractivity contribution in [3.63, 3.8) is 0 Å². The summed E-state index contributed by atoms with van der Waals surface area (Å²) in [5.41, 5.74) is 6.53. The first kappa shape index (κ1) is 14.4. The lowest BCUT2D eigenvalue weighted by Gasteiger charge is -2.16. The number of carbonyl (C=O) groups is 1. The molecule has 18 heavy (non-hydrogen) atoms. The second-order valence-electron chi connectivity index (χ2n) is 4.09. The lowest BCUT2D eigenvalue weighted by atomic mass is 10.1. The van der Waals surface area contributed by atoms with Gasteiger partial charge in [0, 0.05) is 19.0 Å². The molecule has 4 nitrogen and oxygen atoms in total. The van der Waals surface area contributed by atoms with Gasteiger partial charge in [0.2, 0.25) is 0 Å². The smallest absolute Gasteiger partial charge is 0.315 e. The van der Waals surface area contributed by atoms with Crippen LogP contribution in [0.15, 0.2) is 30.3 Å². The number of urea groups is 1. The van der Waals surface area contributed by atoms with Gasteiger partial charge in [-0.25, -0.2) is 4.79 Å². The zero-order valence-corrected chi connectivity index (χ0v) is 11.3. The van der Waals surface area contributed by atoms with Crippen molar-refractivity contribution in [2.45, 2.75) is 32.4 Å². The molecule has 0 aliphatic rings. The molecule has 0 spiro atoms. The van der Waals surface area contributed by atoms with Crippen LogP contribution >= 0.6 is 12.2 Å². The van der Waals surface area contributed by atoms with Gasteiger partial charge in [0.1, 0.15) is 0 Å². The van der Waals surface area contributed by atoms with Crippen LogP contribution in [0.4, 0.5) is 4.79 Å². The van der Waals surface area contributed by atoms with Crippen LogP contribution in [0.5, 0.6) is 0 Å². The van der Waals surface area contributed by atoms with Gasteiger partial charge in [0.15, 0.2) is 0 Å². The highest BCUT2D eigenvalue weighted by Gasteiger charge is 2.10. The van der Waals surface area contributed by atoms with E-state index in [1.165, 1.54) is 0 Å². The highest BCUT2D eigenvalue weighted by molar-refractivity contribution is 7.80. The van der Waals surface area contributed by atoms with E-state index in [2.05, 4.69) is 10.6 Å². The number of nitrogens with two attached hydrogens (primary N) is 1. The molecule has 5 heteroatoms. The van der Waals surface area contributed by atoms with Gasteiger partial charge in [-0.05, 0) is 12.0 Å². The Labute approximate surface area is 113 Å². The van der Waals surface area contributed by atoms with E-state index in [1.54, 1.807) is 0 Å². The predicted octanol–water partition coefficient (Wildman–Crippen LogP) is 1.94. The van der Waals surface area contributed by atoms with Gasteiger partial charge in [-0.3, -0.25) is 0 Å². The van der Waals surface area contributed by atoms with Crippen LogP contribution in [0.1, 0.15) is 25.3 Å². The zero-order chi connectivity index (χ0) is 13.4. The van der Waals surface area contributed by atoms with Crippen LogP contribution in [-0.4, -0.2) is 17.1 Å². The monoisotopic (exact) mass is 265 g/mol. The average molecular weight is 265 g/mol. The summed E-state index contributed by atoms with van der Waals surface area (Å²) in [4.78, 5) is 12.1. The fourth-order valence-corrected chi connectivity index (χ4v) is 1.76. The topological polar surface area (TPSA) is 67.1 Å². The molecule has 1 rings (SSSR count). The lowest BCUT2D eigenvalue weighted by Crippen LogP contribution is -2.43. The SMILES string of the molecule is CCC(CC(N)=S)NC(=O)NCc1ccccc1. The number of hydrogen-bond donors (Lipinski definition) is 3. The maximum Gasteiger partial charge on any atom is 0.315 e. The third kappa shape index (κ3) is 5.63. The van der Waals surface area contributed by atoms with E-state index in [9.17, 15) is 4.79 Å². The quantitative estimate of drug-likeness (QED) is 0.689. The summed E-state index contributed by atoms with van der Waals surface area (Å²) in [6, 6.07) is 9.56. The number of rotatable bonds is 6. The highest BCUT2D eigenvalue weighted by Crippen LogP contribution is 1.99. The van der Waals surface area contributed by atoms with E-state index >= 15 is 0 Å². The molecule has 0 aliphatic carbocycles. The normalized spacial score (nSPS) is 11.6. The molecule has 98 valence electrons. The second-order valence-corrected chi connectivity index (χ2v) is 4.61. The Morgan fingerprint density at radius 1 is 1.39 bits per heavy atom. The van der Waals surface area contributed by atoms with Crippen molar-refractivity contribution in [3.05, 3.63) is 35.9 Å². The zero-order valence-electron chi connectivity index (χ0n) is 10.5. The van der Waals surface area contributed by atoms with Crippen LogP contribution in [-0.2, 0) is 6.54 Å². The Morgan fingerprint density at radius 2 is 2.06 bits per heavy atom. The van der Waals surface area contributed by atoms with Gasteiger partial charge >= 0.3 is 6.03 Å². The van der Waals surface area contributed by atoms with Crippen molar-refractivity contribution >= 4 is 23.2 Å². The summed E-state index contributed by atoms with van der Waals surface area (Å²) in [6.07, 6.45) is 1.33. The third-order valence-corrected chi connectivity index (χ3v) is 2.74. The van der Waals surface area contributed by atoms with Crippen molar-refractivity contribution in [1.82, 2.24) is 10.6 Å². The van der Waals surface area contributed by atoms with Gasteiger partial charge in [-0.15, -0.1) is 0 Å². The number of amides is 2. The molecule has 1 aromatic carbocycles. The van der Waals surface area contributed by atoms with Crippen molar-refractivity contribution in [3.8, 4) is 0 Å². The highest BCUT2D eigenvalue weighted by atomic mass is 32.1. The van der Waals surface area contributed by atoms with Crippen LogP contribution in [0.25, 0.3) is 0 Å². The molecule has 0 saturated carbocycles. The van der Waals surface area contributed by atoms with Crippen molar-refractivity contribution < 1.29 is 4.79 Å².